The van der Waals surface area contributed by atoms with Crippen molar-refractivity contribution in [1.82, 2.24) is 14.5 Å². The Morgan fingerprint density at radius 1 is 1.17 bits per heavy atom. The number of ether oxygens (including phenoxy) is 2. The maximum Gasteiger partial charge on any atom is 0.421 e. The number of hydrogen-bond acceptors (Lipinski definition) is 7. The third kappa shape index (κ3) is 4.44. The molecule has 148 valence electrons. The van der Waals surface area contributed by atoms with Crippen LogP contribution >= 0.6 is 23.1 Å². The number of thioether (sulfide) groups is 1. The van der Waals surface area contributed by atoms with Crippen LogP contribution in [0.3, 0.4) is 0 Å². The number of imidazole rings is 1. The van der Waals surface area contributed by atoms with Crippen molar-refractivity contribution in [3.63, 3.8) is 0 Å². The van der Waals surface area contributed by atoms with Gasteiger partial charge in [0.15, 0.2) is 5.16 Å². The van der Waals surface area contributed by atoms with Crippen molar-refractivity contribution in [2.75, 3.05) is 7.11 Å². The quantitative estimate of drug-likeness (QED) is 0.391. The zero-order valence-corrected chi connectivity index (χ0v) is 17.6. The summed E-state index contributed by atoms with van der Waals surface area (Å²) in [4.78, 5) is 21.9. The number of fused-ring (bicyclic) bond motifs is 1. The number of aromatic nitrogens is 3. The normalized spacial score (nSPS) is 11.0. The summed E-state index contributed by atoms with van der Waals surface area (Å²) in [6, 6.07) is 11.4. The highest BCUT2D eigenvalue weighted by atomic mass is 32.2. The first-order valence-corrected chi connectivity index (χ1v) is 10.9. The molecule has 0 aliphatic rings. The van der Waals surface area contributed by atoms with Gasteiger partial charge in [-0.3, -0.25) is 4.98 Å². The summed E-state index contributed by atoms with van der Waals surface area (Å²) in [6.45, 7) is 2.18. The predicted octanol–water partition coefficient (Wildman–Crippen LogP) is 5.29. The second-order valence-electron chi connectivity index (χ2n) is 6.39. The van der Waals surface area contributed by atoms with Gasteiger partial charge in [-0.25, -0.2) is 14.3 Å². The van der Waals surface area contributed by atoms with Crippen molar-refractivity contribution in [3.8, 4) is 5.75 Å². The number of carbonyl (C=O) groups is 1. The molecular formula is C21H19N3O3S2. The highest BCUT2D eigenvalue weighted by Crippen LogP contribution is 2.29. The van der Waals surface area contributed by atoms with Gasteiger partial charge in [0.05, 0.1) is 18.3 Å². The molecule has 0 spiro atoms. The minimum absolute atomic E-state index is 0.177. The molecule has 0 amide bonds. The second-order valence-corrected chi connectivity index (χ2v) is 8.08. The molecule has 0 aliphatic heterocycles. The molecular weight excluding hydrogens is 406 g/mol. The molecule has 6 nitrogen and oxygen atoms in total. The SMILES string of the molecule is COc1ccc(COC(=O)n2c(SCc3ccc(C)cn3)nc3cscc32)cc1. The van der Waals surface area contributed by atoms with E-state index in [9.17, 15) is 4.79 Å². The highest BCUT2D eigenvalue weighted by Gasteiger charge is 2.19. The summed E-state index contributed by atoms with van der Waals surface area (Å²) in [6.07, 6.45) is 1.39. The van der Waals surface area contributed by atoms with Crippen LogP contribution in [0.25, 0.3) is 11.0 Å². The molecule has 8 heteroatoms. The molecule has 0 radical (unpaired) electrons. The van der Waals surface area contributed by atoms with E-state index in [2.05, 4.69) is 9.97 Å². The number of thiophene rings is 1. The average molecular weight is 426 g/mol. The predicted molar refractivity (Wildman–Crippen MR) is 115 cm³/mol. The van der Waals surface area contributed by atoms with E-state index in [0.717, 1.165) is 33.6 Å². The molecule has 0 atom stereocenters. The lowest BCUT2D eigenvalue weighted by atomic mass is 10.2. The van der Waals surface area contributed by atoms with Crippen LogP contribution in [0.1, 0.15) is 16.8 Å². The van der Waals surface area contributed by atoms with Crippen LogP contribution in [-0.4, -0.2) is 27.7 Å². The van der Waals surface area contributed by atoms with Crippen molar-refractivity contribution in [1.29, 1.82) is 0 Å². The van der Waals surface area contributed by atoms with Gasteiger partial charge in [-0.15, -0.1) is 11.3 Å². The van der Waals surface area contributed by atoms with Crippen molar-refractivity contribution < 1.29 is 14.3 Å². The Morgan fingerprint density at radius 2 is 2.00 bits per heavy atom. The van der Waals surface area contributed by atoms with E-state index < -0.39 is 6.09 Å². The molecule has 4 rings (SSSR count). The Balaban J connectivity index is 1.50. The lowest BCUT2D eigenvalue weighted by Gasteiger charge is -2.09. The van der Waals surface area contributed by atoms with Gasteiger partial charge in [0.1, 0.15) is 17.9 Å². The molecule has 0 aliphatic carbocycles. The first-order valence-electron chi connectivity index (χ1n) is 8.93. The Bertz CT molecular complexity index is 1120. The third-order valence-corrected chi connectivity index (χ3v) is 5.99. The minimum atomic E-state index is -0.443. The molecule has 4 aromatic rings. The first-order chi connectivity index (χ1) is 14.1. The van der Waals surface area contributed by atoms with Gasteiger partial charge in [0.2, 0.25) is 0 Å². The summed E-state index contributed by atoms with van der Waals surface area (Å²) in [5.41, 5.74) is 4.48. The molecule has 0 N–H and O–H groups in total. The monoisotopic (exact) mass is 425 g/mol. The van der Waals surface area contributed by atoms with Gasteiger partial charge in [-0.05, 0) is 36.2 Å². The summed E-state index contributed by atoms with van der Waals surface area (Å²) in [5.74, 6) is 1.38. The Hall–Kier alpha value is -2.84. The smallest absolute Gasteiger partial charge is 0.421 e. The van der Waals surface area contributed by atoms with Crippen LogP contribution in [0.5, 0.6) is 5.75 Å². The largest absolute Gasteiger partial charge is 0.497 e. The van der Waals surface area contributed by atoms with Crippen LogP contribution < -0.4 is 4.74 Å². The minimum Gasteiger partial charge on any atom is -0.497 e. The lowest BCUT2D eigenvalue weighted by molar-refractivity contribution is 0.140. The highest BCUT2D eigenvalue weighted by molar-refractivity contribution is 7.98. The number of nitrogens with zero attached hydrogens (tertiary/aromatic N) is 3. The van der Waals surface area contributed by atoms with Crippen LogP contribution in [0, 0.1) is 6.92 Å². The fourth-order valence-electron chi connectivity index (χ4n) is 2.72. The Morgan fingerprint density at radius 3 is 2.72 bits per heavy atom. The number of benzene rings is 1. The topological polar surface area (TPSA) is 66.2 Å². The van der Waals surface area contributed by atoms with E-state index in [1.54, 1.807) is 7.11 Å². The molecule has 0 saturated heterocycles. The van der Waals surface area contributed by atoms with Crippen LogP contribution in [0.4, 0.5) is 4.79 Å². The van der Waals surface area contributed by atoms with E-state index in [4.69, 9.17) is 9.47 Å². The van der Waals surface area contributed by atoms with E-state index in [1.807, 2.05) is 60.3 Å². The zero-order valence-electron chi connectivity index (χ0n) is 16.0. The maximum atomic E-state index is 12.8. The molecule has 0 unspecified atom stereocenters. The first kappa shape index (κ1) is 19.5. The van der Waals surface area contributed by atoms with E-state index >= 15 is 0 Å². The van der Waals surface area contributed by atoms with Crippen LogP contribution in [0.2, 0.25) is 0 Å². The second kappa shape index (κ2) is 8.67. The number of aryl methyl sites for hydroxylation is 1. The third-order valence-electron chi connectivity index (χ3n) is 4.30. The van der Waals surface area contributed by atoms with E-state index in [0.29, 0.717) is 10.9 Å². The van der Waals surface area contributed by atoms with Gasteiger partial charge in [-0.1, -0.05) is 30.0 Å². The molecule has 0 fully saturated rings. The lowest BCUT2D eigenvalue weighted by Crippen LogP contribution is -2.14. The number of pyridine rings is 1. The molecule has 3 heterocycles. The standard InChI is InChI=1S/C21H19N3O3S2/c1-14-3-6-16(22-9-14)11-29-20-23-18-12-28-13-19(18)24(20)21(25)27-10-15-4-7-17(26-2)8-5-15/h3-9,12-13H,10-11H2,1-2H3. The van der Waals surface area contributed by atoms with Crippen LogP contribution in [-0.2, 0) is 17.1 Å². The van der Waals surface area contributed by atoms with E-state index in [-0.39, 0.29) is 6.61 Å². The fourth-order valence-corrected chi connectivity index (χ4v) is 4.36. The Kier molecular flexibility index (Phi) is 5.82. The maximum absolute atomic E-state index is 12.8. The molecule has 3 aromatic heterocycles. The van der Waals surface area contributed by atoms with Crippen molar-refractivity contribution in [2.45, 2.75) is 24.4 Å². The summed E-state index contributed by atoms with van der Waals surface area (Å²) in [5, 5.41) is 4.44. The number of carbonyl (C=O) groups excluding carboxylic acids is 1. The molecule has 1 aromatic carbocycles. The molecule has 0 bridgehead atoms. The van der Waals surface area contributed by atoms with Gasteiger partial charge in [-0.2, -0.15) is 0 Å². The Labute approximate surface area is 176 Å². The van der Waals surface area contributed by atoms with Gasteiger partial charge in [0.25, 0.3) is 0 Å². The summed E-state index contributed by atoms with van der Waals surface area (Å²) >= 11 is 2.98. The van der Waals surface area contributed by atoms with Gasteiger partial charge < -0.3 is 9.47 Å². The van der Waals surface area contributed by atoms with Gasteiger partial charge >= 0.3 is 6.09 Å². The number of rotatable bonds is 6. The number of methoxy groups -OCH3 is 1. The van der Waals surface area contributed by atoms with Crippen molar-refractivity contribution in [3.05, 3.63) is 70.2 Å². The van der Waals surface area contributed by atoms with Crippen molar-refractivity contribution in [2.24, 2.45) is 0 Å². The number of hydrogen-bond donors (Lipinski definition) is 0. The zero-order chi connectivity index (χ0) is 20.2. The average Bonchev–Trinajstić information content (AvgIpc) is 3.33. The molecule has 29 heavy (non-hydrogen) atoms. The molecule has 0 saturated carbocycles. The van der Waals surface area contributed by atoms with Gasteiger partial charge in [0, 0.05) is 22.7 Å². The van der Waals surface area contributed by atoms with E-state index in [1.165, 1.54) is 27.7 Å². The summed E-state index contributed by atoms with van der Waals surface area (Å²) < 4.78 is 12.2. The van der Waals surface area contributed by atoms with Crippen molar-refractivity contribution >= 4 is 40.2 Å². The fraction of sp³-hybridized carbons (Fsp3) is 0.190. The van der Waals surface area contributed by atoms with Crippen LogP contribution in [0.15, 0.2) is 58.5 Å². The summed E-state index contributed by atoms with van der Waals surface area (Å²) in [7, 11) is 1.62.